The van der Waals surface area contributed by atoms with Gasteiger partial charge in [0.1, 0.15) is 4.90 Å². The number of nitrogen functional groups attached to an aromatic ring is 1. The molecule has 0 saturated carbocycles. The van der Waals surface area contributed by atoms with Crippen molar-refractivity contribution in [2.45, 2.75) is 4.90 Å². The average molecular weight is 316 g/mol. The Kier molecular flexibility index (Phi) is 6.40. The van der Waals surface area contributed by atoms with Crippen LogP contribution in [0.4, 0.5) is 11.4 Å². The number of sulfonamides is 1. The van der Waals surface area contributed by atoms with E-state index in [-0.39, 0.29) is 23.0 Å². The van der Waals surface area contributed by atoms with Crippen molar-refractivity contribution in [3.05, 3.63) is 18.2 Å². The summed E-state index contributed by atoms with van der Waals surface area (Å²) in [7, 11) is -0.727. The molecule has 1 amide bonds. The van der Waals surface area contributed by atoms with Crippen LogP contribution in [0.1, 0.15) is 0 Å². The van der Waals surface area contributed by atoms with Gasteiger partial charge < -0.3 is 21.1 Å². The van der Waals surface area contributed by atoms with E-state index >= 15 is 0 Å². The fraction of sp³-hybridized carbons (Fsp3) is 0.417. The summed E-state index contributed by atoms with van der Waals surface area (Å²) in [6, 6.07) is 4.39. The third kappa shape index (κ3) is 5.21. The predicted molar refractivity (Wildman–Crippen MR) is 80.5 cm³/mol. The number of nitrogens with two attached hydrogens (primary N) is 1. The number of hydrogen-bond acceptors (Lipinski definition) is 6. The van der Waals surface area contributed by atoms with Crippen LogP contribution in [0.2, 0.25) is 0 Å². The van der Waals surface area contributed by atoms with E-state index in [1.165, 1.54) is 19.2 Å². The molecule has 0 radical (unpaired) electrons. The number of ether oxygens (including phenoxy) is 1. The first-order valence-electron chi connectivity index (χ1n) is 6.23. The van der Waals surface area contributed by atoms with Crippen LogP contribution in [-0.2, 0) is 19.6 Å². The zero-order chi connectivity index (χ0) is 15.9. The third-order valence-electron chi connectivity index (χ3n) is 2.65. The summed E-state index contributed by atoms with van der Waals surface area (Å²) in [6.45, 7) is 0.926. The van der Waals surface area contributed by atoms with Crippen LogP contribution in [0.5, 0.6) is 0 Å². The lowest BCUT2D eigenvalue weighted by molar-refractivity contribution is -0.119. The number of hydrogen-bond donors (Lipinski definition) is 4. The van der Waals surface area contributed by atoms with E-state index in [2.05, 4.69) is 15.4 Å². The minimum atomic E-state index is -3.59. The molecule has 1 rings (SSSR count). The van der Waals surface area contributed by atoms with Crippen LogP contribution >= 0.6 is 0 Å². The maximum Gasteiger partial charge on any atom is 0.242 e. The molecule has 1 aromatic carbocycles. The van der Waals surface area contributed by atoms with Crippen molar-refractivity contribution in [2.24, 2.45) is 0 Å². The van der Waals surface area contributed by atoms with E-state index in [9.17, 15) is 13.2 Å². The second kappa shape index (κ2) is 7.81. The molecule has 0 spiro atoms. The summed E-state index contributed by atoms with van der Waals surface area (Å²) >= 11 is 0. The van der Waals surface area contributed by atoms with Crippen molar-refractivity contribution < 1.29 is 17.9 Å². The van der Waals surface area contributed by atoms with Crippen molar-refractivity contribution in [3.63, 3.8) is 0 Å². The van der Waals surface area contributed by atoms with E-state index in [1.54, 1.807) is 13.2 Å². The molecule has 0 unspecified atom stereocenters. The molecule has 0 heterocycles. The first kappa shape index (κ1) is 17.2. The van der Waals surface area contributed by atoms with Crippen molar-refractivity contribution in [1.29, 1.82) is 0 Å². The largest absolute Gasteiger partial charge is 0.398 e. The van der Waals surface area contributed by atoms with Gasteiger partial charge in [-0.3, -0.25) is 4.79 Å². The Balaban J connectivity index is 2.63. The summed E-state index contributed by atoms with van der Waals surface area (Å²) in [4.78, 5) is 11.5. The topological polar surface area (TPSA) is 123 Å². The molecule has 0 aliphatic carbocycles. The summed E-state index contributed by atoms with van der Waals surface area (Å²) in [5.41, 5.74) is 6.38. The first-order valence-corrected chi connectivity index (χ1v) is 7.71. The molecular formula is C12H20N4O4S. The number of nitrogens with one attached hydrogen (secondary N) is 3. The molecule has 5 N–H and O–H groups in total. The zero-order valence-electron chi connectivity index (χ0n) is 12.0. The monoisotopic (exact) mass is 316 g/mol. The van der Waals surface area contributed by atoms with Gasteiger partial charge in [0.25, 0.3) is 0 Å². The summed E-state index contributed by atoms with van der Waals surface area (Å²) in [5.74, 6) is -0.197. The number of carbonyl (C=O) groups excluding carboxylic acids is 1. The lowest BCUT2D eigenvalue weighted by Gasteiger charge is -2.10. The Labute approximate surface area is 124 Å². The number of carbonyl (C=O) groups is 1. The van der Waals surface area contributed by atoms with E-state index in [0.717, 1.165) is 0 Å². The molecule has 8 nitrogen and oxygen atoms in total. The second-order valence-electron chi connectivity index (χ2n) is 4.16. The highest BCUT2D eigenvalue weighted by Gasteiger charge is 2.15. The third-order valence-corrected chi connectivity index (χ3v) is 4.14. The molecule has 118 valence electrons. The number of rotatable bonds is 8. The van der Waals surface area contributed by atoms with E-state index in [4.69, 9.17) is 10.5 Å². The van der Waals surface area contributed by atoms with E-state index < -0.39 is 10.0 Å². The van der Waals surface area contributed by atoms with Crippen LogP contribution in [-0.4, -0.2) is 48.2 Å². The van der Waals surface area contributed by atoms with Crippen LogP contribution in [0.25, 0.3) is 0 Å². The molecule has 0 aromatic heterocycles. The SMILES string of the molecule is CNS(=O)(=O)c1ccc(NCC(=O)NCCOC)cc1N. The highest BCUT2D eigenvalue weighted by atomic mass is 32.2. The Hall–Kier alpha value is -1.84. The van der Waals surface area contributed by atoms with Crippen molar-refractivity contribution >= 4 is 27.3 Å². The molecule has 0 atom stereocenters. The Morgan fingerprint density at radius 1 is 1.38 bits per heavy atom. The summed E-state index contributed by atoms with van der Waals surface area (Å²) < 4.78 is 30.3. The van der Waals surface area contributed by atoms with Gasteiger partial charge in [0.2, 0.25) is 15.9 Å². The lowest BCUT2D eigenvalue weighted by Crippen LogP contribution is -2.32. The Morgan fingerprint density at radius 3 is 2.67 bits per heavy atom. The second-order valence-corrected chi connectivity index (χ2v) is 6.01. The van der Waals surface area contributed by atoms with Crippen molar-refractivity contribution in [2.75, 3.05) is 44.9 Å². The Morgan fingerprint density at radius 2 is 2.10 bits per heavy atom. The quantitative estimate of drug-likeness (QED) is 0.373. The molecular weight excluding hydrogens is 296 g/mol. The average Bonchev–Trinajstić information content (AvgIpc) is 2.45. The minimum Gasteiger partial charge on any atom is -0.398 e. The molecule has 0 aliphatic rings. The van der Waals surface area contributed by atoms with Gasteiger partial charge in [0.05, 0.1) is 18.8 Å². The highest BCUT2D eigenvalue weighted by Crippen LogP contribution is 2.21. The predicted octanol–water partition coefficient (Wildman–Crippen LogP) is -0.649. The van der Waals surface area contributed by atoms with Gasteiger partial charge in [-0.1, -0.05) is 0 Å². The van der Waals surface area contributed by atoms with Gasteiger partial charge in [-0.2, -0.15) is 0 Å². The van der Waals surface area contributed by atoms with E-state index in [0.29, 0.717) is 18.8 Å². The standard InChI is InChI=1S/C12H20N4O4S/c1-14-21(18,19)11-4-3-9(7-10(11)13)16-8-12(17)15-5-6-20-2/h3-4,7,14,16H,5-6,8,13H2,1-2H3,(H,15,17). The zero-order valence-corrected chi connectivity index (χ0v) is 12.8. The summed E-state index contributed by atoms with van der Waals surface area (Å²) in [5, 5.41) is 5.51. The number of amides is 1. The molecule has 0 fully saturated rings. The first-order chi connectivity index (χ1) is 9.90. The van der Waals surface area contributed by atoms with Crippen LogP contribution in [0.15, 0.2) is 23.1 Å². The van der Waals surface area contributed by atoms with Crippen molar-refractivity contribution in [3.8, 4) is 0 Å². The minimum absolute atomic E-state index is 0.0000890. The van der Waals surface area contributed by atoms with E-state index in [1.807, 2.05) is 0 Å². The smallest absolute Gasteiger partial charge is 0.242 e. The number of anilines is 2. The fourth-order valence-corrected chi connectivity index (χ4v) is 2.39. The van der Waals surface area contributed by atoms with Crippen LogP contribution in [0.3, 0.4) is 0 Å². The van der Waals surface area contributed by atoms with Gasteiger partial charge >= 0.3 is 0 Å². The van der Waals surface area contributed by atoms with Gasteiger partial charge in [0.15, 0.2) is 0 Å². The van der Waals surface area contributed by atoms with Crippen LogP contribution in [0, 0.1) is 0 Å². The maximum atomic E-state index is 11.7. The van der Waals surface area contributed by atoms with Gasteiger partial charge in [0, 0.05) is 19.3 Å². The maximum absolute atomic E-state index is 11.7. The normalized spacial score (nSPS) is 11.1. The number of methoxy groups -OCH3 is 1. The molecule has 1 aromatic rings. The van der Waals surface area contributed by atoms with Gasteiger partial charge in [-0.15, -0.1) is 0 Å². The highest BCUT2D eigenvalue weighted by molar-refractivity contribution is 7.89. The molecule has 9 heteroatoms. The van der Waals surface area contributed by atoms with Crippen LogP contribution < -0.4 is 21.1 Å². The lowest BCUT2D eigenvalue weighted by atomic mass is 10.3. The van der Waals surface area contributed by atoms with Crippen molar-refractivity contribution in [1.82, 2.24) is 10.0 Å². The Bertz CT molecular complexity index is 589. The molecule has 21 heavy (non-hydrogen) atoms. The van der Waals surface area contributed by atoms with Gasteiger partial charge in [-0.05, 0) is 25.2 Å². The summed E-state index contributed by atoms with van der Waals surface area (Å²) in [6.07, 6.45) is 0. The molecule has 0 saturated heterocycles. The fourth-order valence-electron chi connectivity index (χ4n) is 1.55. The van der Waals surface area contributed by atoms with Gasteiger partial charge in [-0.25, -0.2) is 13.1 Å². The number of benzene rings is 1. The molecule has 0 aliphatic heterocycles. The molecule has 0 bridgehead atoms.